The normalized spacial score (nSPS) is 10.9. The summed E-state index contributed by atoms with van der Waals surface area (Å²) in [5.74, 6) is -1.41. The van der Waals surface area contributed by atoms with E-state index in [9.17, 15) is 13.2 Å². The first-order valence-corrected chi connectivity index (χ1v) is 5.43. The number of para-hydroxylation sites is 1. The maximum Gasteiger partial charge on any atom is 0.339 e. The van der Waals surface area contributed by atoms with Gasteiger partial charge in [0.1, 0.15) is 5.56 Å². The van der Waals surface area contributed by atoms with E-state index in [2.05, 4.69) is 4.18 Å². The Morgan fingerprint density at radius 1 is 1.36 bits per heavy atom. The average molecular weight is 216 g/mol. The molecule has 6 heteroatoms. The molecule has 0 spiro atoms. The first-order valence-electron chi connectivity index (χ1n) is 3.62. The van der Waals surface area contributed by atoms with Crippen molar-refractivity contribution in [3.05, 3.63) is 29.8 Å². The van der Waals surface area contributed by atoms with Crippen LogP contribution in [-0.4, -0.2) is 25.7 Å². The third-order valence-corrected chi connectivity index (χ3v) is 1.84. The lowest BCUT2D eigenvalue weighted by Gasteiger charge is -2.05. The van der Waals surface area contributed by atoms with E-state index in [-0.39, 0.29) is 11.3 Å². The van der Waals surface area contributed by atoms with Gasteiger partial charge >= 0.3 is 16.1 Å². The molecule has 0 amide bonds. The number of hydrogen-bond acceptors (Lipinski definition) is 4. The largest absolute Gasteiger partial charge is 0.478 e. The summed E-state index contributed by atoms with van der Waals surface area (Å²) in [5, 5.41) is 8.69. The van der Waals surface area contributed by atoms with Gasteiger partial charge in [-0.3, -0.25) is 0 Å². The number of hydrogen-bond donors (Lipinski definition) is 1. The van der Waals surface area contributed by atoms with Crippen LogP contribution in [0.2, 0.25) is 0 Å². The minimum Gasteiger partial charge on any atom is -0.478 e. The quantitative estimate of drug-likeness (QED) is 0.753. The lowest BCUT2D eigenvalue weighted by Crippen LogP contribution is -2.09. The van der Waals surface area contributed by atoms with E-state index in [1.807, 2.05) is 0 Å². The maximum absolute atomic E-state index is 10.8. The Balaban J connectivity index is 3.15. The highest BCUT2D eigenvalue weighted by Crippen LogP contribution is 2.18. The lowest BCUT2D eigenvalue weighted by molar-refractivity contribution is 0.0695. The number of carboxylic acids is 1. The summed E-state index contributed by atoms with van der Waals surface area (Å²) in [6.45, 7) is 0. The molecule has 0 aliphatic carbocycles. The van der Waals surface area contributed by atoms with Crippen molar-refractivity contribution in [3.63, 3.8) is 0 Å². The zero-order valence-electron chi connectivity index (χ0n) is 7.30. The molecule has 1 N–H and O–H groups in total. The van der Waals surface area contributed by atoms with Crippen LogP contribution >= 0.6 is 0 Å². The molecule has 1 aromatic rings. The Kier molecular flexibility index (Phi) is 2.76. The molecule has 0 saturated heterocycles. The summed E-state index contributed by atoms with van der Waals surface area (Å²) < 4.78 is 26.0. The molecule has 0 fully saturated rings. The minimum atomic E-state index is -3.70. The third-order valence-electron chi connectivity index (χ3n) is 1.36. The molecular formula is C8H8O5S. The van der Waals surface area contributed by atoms with Crippen molar-refractivity contribution < 1.29 is 22.5 Å². The third kappa shape index (κ3) is 2.74. The van der Waals surface area contributed by atoms with Crippen LogP contribution in [0.5, 0.6) is 5.75 Å². The van der Waals surface area contributed by atoms with Gasteiger partial charge in [0.2, 0.25) is 0 Å². The highest BCUT2D eigenvalue weighted by atomic mass is 32.2. The van der Waals surface area contributed by atoms with Crippen molar-refractivity contribution in [2.45, 2.75) is 0 Å². The van der Waals surface area contributed by atoms with E-state index in [0.717, 1.165) is 6.26 Å². The molecule has 5 nitrogen and oxygen atoms in total. The molecular weight excluding hydrogens is 208 g/mol. The van der Waals surface area contributed by atoms with E-state index < -0.39 is 16.1 Å². The fourth-order valence-electron chi connectivity index (χ4n) is 0.879. The second-order valence-corrected chi connectivity index (χ2v) is 4.16. The van der Waals surface area contributed by atoms with Crippen LogP contribution in [-0.2, 0) is 10.1 Å². The first-order chi connectivity index (χ1) is 6.40. The van der Waals surface area contributed by atoms with Gasteiger partial charge in [-0.1, -0.05) is 12.1 Å². The maximum atomic E-state index is 10.8. The van der Waals surface area contributed by atoms with Crippen LogP contribution in [0, 0.1) is 0 Å². The molecule has 0 unspecified atom stereocenters. The Labute approximate surface area is 81.1 Å². The monoisotopic (exact) mass is 216 g/mol. The van der Waals surface area contributed by atoms with E-state index in [4.69, 9.17) is 5.11 Å². The summed E-state index contributed by atoms with van der Waals surface area (Å²) in [6.07, 6.45) is 0.853. The van der Waals surface area contributed by atoms with Crippen LogP contribution in [0.4, 0.5) is 0 Å². The van der Waals surface area contributed by atoms with Gasteiger partial charge in [0, 0.05) is 0 Å². The van der Waals surface area contributed by atoms with Crippen LogP contribution in [0.15, 0.2) is 24.3 Å². The zero-order chi connectivity index (χ0) is 10.8. The van der Waals surface area contributed by atoms with Crippen LogP contribution in [0.1, 0.15) is 10.4 Å². The standard InChI is InChI=1S/C8H8O5S/c1-14(11,12)13-7-5-3-2-4-6(7)8(9)10/h2-5H,1H3,(H,9,10). The molecule has 0 saturated carbocycles. The molecule has 0 aromatic heterocycles. The Bertz CT molecular complexity index is 449. The zero-order valence-corrected chi connectivity index (χ0v) is 8.11. The summed E-state index contributed by atoms with van der Waals surface area (Å²) in [6, 6.07) is 5.53. The van der Waals surface area contributed by atoms with Gasteiger partial charge in [0.05, 0.1) is 6.26 Å². The molecule has 1 aromatic carbocycles. The Hall–Kier alpha value is -1.56. The van der Waals surface area contributed by atoms with E-state index in [1.54, 1.807) is 0 Å². The number of rotatable bonds is 3. The number of carboxylic acid groups (broad SMARTS) is 1. The molecule has 76 valence electrons. The van der Waals surface area contributed by atoms with Crippen molar-refractivity contribution >= 4 is 16.1 Å². The van der Waals surface area contributed by atoms with Crippen LogP contribution in [0.3, 0.4) is 0 Å². The minimum absolute atomic E-state index is 0.178. The predicted octanol–water partition coefficient (Wildman–Crippen LogP) is 0.723. The molecule has 0 radical (unpaired) electrons. The van der Waals surface area contributed by atoms with Gasteiger partial charge in [0.25, 0.3) is 0 Å². The number of aromatic carboxylic acids is 1. The second-order valence-electron chi connectivity index (χ2n) is 2.59. The predicted molar refractivity (Wildman–Crippen MR) is 48.9 cm³/mol. The van der Waals surface area contributed by atoms with Crippen molar-refractivity contribution in [2.75, 3.05) is 6.26 Å². The van der Waals surface area contributed by atoms with Crippen molar-refractivity contribution in [1.82, 2.24) is 0 Å². The van der Waals surface area contributed by atoms with E-state index in [0.29, 0.717) is 0 Å². The van der Waals surface area contributed by atoms with Gasteiger partial charge in [-0.25, -0.2) is 4.79 Å². The van der Waals surface area contributed by atoms with Gasteiger partial charge in [-0.2, -0.15) is 8.42 Å². The first kappa shape index (κ1) is 10.5. The number of carbonyl (C=O) groups is 1. The molecule has 0 bridgehead atoms. The number of benzene rings is 1. The van der Waals surface area contributed by atoms with Gasteiger partial charge in [0.15, 0.2) is 5.75 Å². The van der Waals surface area contributed by atoms with Gasteiger partial charge < -0.3 is 9.29 Å². The molecule has 0 atom stereocenters. The van der Waals surface area contributed by atoms with Crippen molar-refractivity contribution in [3.8, 4) is 5.75 Å². The van der Waals surface area contributed by atoms with Crippen molar-refractivity contribution in [1.29, 1.82) is 0 Å². The van der Waals surface area contributed by atoms with Crippen LogP contribution < -0.4 is 4.18 Å². The lowest BCUT2D eigenvalue weighted by atomic mass is 10.2. The average Bonchev–Trinajstić information content (AvgIpc) is 2.01. The Morgan fingerprint density at radius 3 is 2.43 bits per heavy atom. The fourth-order valence-corrected chi connectivity index (χ4v) is 1.35. The van der Waals surface area contributed by atoms with Crippen LogP contribution in [0.25, 0.3) is 0 Å². The molecule has 1 rings (SSSR count). The summed E-state index contributed by atoms with van der Waals surface area (Å²) in [5.41, 5.74) is -0.182. The Morgan fingerprint density at radius 2 is 1.93 bits per heavy atom. The molecule has 0 heterocycles. The topological polar surface area (TPSA) is 80.7 Å². The molecule has 14 heavy (non-hydrogen) atoms. The van der Waals surface area contributed by atoms with E-state index in [1.165, 1.54) is 24.3 Å². The summed E-state index contributed by atoms with van der Waals surface area (Å²) in [7, 11) is -3.70. The van der Waals surface area contributed by atoms with E-state index >= 15 is 0 Å². The van der Waals surface area contributed by atoms with Gasteiger partial charge in [-0.15, -0.1) is 0 Å². The smallest absolute Gasteiger partial charge is 0.339 e. The summed E-state index contributed by atoms with van der Waals surface area (Å²) in [4.78, 5) is 10.6. The SMILES string of the molecule is CS(=O)(=O)Oc1ccccc1C(=O)O. The van der Waals surface area contributed by atoms with Crippen molar-refractivity contribution in [2.24, 2.45) is 0 Å². The highest BCUT2D eigenvalue weighted by molar-refractivity contribution is 7.86. The summed E-state index contributed by atoms with van der Waals surface area (Å²) >= 11 is 0. The molecule has 0 aliphatic heterocycles. The molecule has 0 aliphatic rings. The highest BCUT2D eigenvalue weighted by Gasteiger charge is 2.13. The van der Waals surface area contributed by atoms with Gasteiger partial charge in [-0.05, 0) is 12.1 Å². The second kappa shape index (κ2) is 3.67. The fraction of sp³-hybridized carbons (Fsp3) is 0.125.